The van der Waals surface area contributed by atoms with Gasteiger partial charge in [0.25, 0.3) is 0 Å². The predicted octanol–water partition coefficient (Wildman–Crippen LogP) is 0.709. The third-order valence-electron chi connectivity index (χ3n) is 5.81. The average molecular weight is 256 g/mol. The van der Waals surface area contributed by atoms with Gasteiger partial charge in [-0.05, 0) is 32.6 Å². The lowest BCUT2D eigenvalue weighted by atomic mass is 9.41. The second-order valence-corrected chi connectivity index (χ2v) is 7.64. The third kappa shape index (κ3) is 1.52. The van der Waals surface area contributed by atoms with Crippen LogP contribution in [0.1, 0.15) is 58.8 Å². The summed E-state index contributed by atoms with van der Waals surface area (Å²) in [6.07, 6.45) is 3.05. The minimum atomic E-state index is -1.02. The van der Waals surface area contributed by atoms with Crippen LogP contribution < -0.4 is 0 Å². The smallest absolute Gasteiger partial charge is 0.0708 e. The highest BCUT2D eigenvalue weighted by molar-refractivity contribution is 5.22. The molecule has 4 N–H and O–H groups in total. The van der Waals surface area contributed by atoms with E-state index in [1.165, 1.54) is 0 Å². The summed E-state index contributed by atoms with van der Waals surface area (Å²) >= 11 is 0. The lowest BCUT2D eigenvalue weighted by molar-refractivity contribution is -0.312. The van der Waals surface area contributed by atoms with Crippen LogP contribution in [0.15, 0.2) is 0 Å². The molecule has 0 aromatic heterocycles. The Hall–Kier alpha value is -0.160. The first kappa shape index (κ1) is 12.9. The number of hydrogen-bond donors (Lipinski definition) is 4. The first-order valence-electron chi connectivity index (χ1n) is 6.95. The van der Waals surface area contributed by atoms with Gasteiger partial charge in [0.15, 0.2) is 0 Å². The van der Waals surface area contributed by atoms with Crippen molar-refractivity contribution in [2.45, 2.75) is 81.2 Å². The van der Waals surface area contributed by atoms with Gasteiger partial charge in [0.2, 0.25) is 0 Å². The molecule has 4 saturated carbocycles. The summed E-state index contributed by atoms with van der Waals surface area (Å²) in [5.74, 6) is 0. The van der Waals surface area contributed by atoms with Gasteiger partial charge < -0.3 is 20.4 Å². The minimum absolute atomic E-state index is 0.337. The summed E-state index contributed by atoms with van der Waals surface area (Å²) in [5, 5.41) is 42.6. The van der Waals surface area contributed by atoms with Gasteiger partial charge in [0.05, 0.1) is 22.4 Å². The Balaban J connectivity index is 2.09. The molecule has 0 saturated heterocycles. The molecule has 104 valence electrons. The zero-order valence-corrected chi connectivity index (χ0v) is 11.2. The van der Waals surface area contributed by atoms with E-state index in [0.29, 0.717) is 44.9 Å². The van der Waals surface area contributed by atoms with E-state index in [0.717, 1.165) is 0 Å². The van der Waals surface area contributed by atoms with Crippen molar-refractivity contribution in [3.05, 3.63) is 0 Å². The Labute approximate surface area is 108 Å². The van der Waals surface area contributed by atoms with Crippen LogP contribution >= 0.6 is 0 Å². The van der Waals surface area contributed by atoms with E-state index in [1.54, 1.807) is 6.92 Å². The van der Waals surface area contributed by atoms with Crippen molar-refractivity contribution in [3.63, 3.8) is 0 Å². The highest BCUT2D eigenvalue weighted by Crippen LogP contribution is 2.67. The fourth-order valence-corrected chi connectivity index (χ4v) is 5.42. The van der Waals surface area contributed by atoms with E-state index in [9.17, 15) is 20.4 Å². The molecule has 0 aromatic rings. The first-order valence-corrected chi connectivity index (χ1v) is 6.95. The van der Waals surface area contributed by atoms with Gasteiger partial charge in [-0.2, -0.15) is 0 Å². The molecule has 0 aromatic carbocycles. The van der Waals surface area contributed by atoms with Crippen molar-refractivity contribution in [2.24, 2.45) is 5.41 Å². The predicted molar refractivity (Wildman–Crippen MR) is 65.9 cm³/mol. The summed E-state index contributed by atoms with van der Waals surface area (Å²) in [4.78, 5) is 0. The van der Waals surface area contributed by atoms with E-state index in [-0.39, 0.29) is 0 Å². The highest BCUT2D eigenvalue weighted by atomic mass is 16.3. The van der Waals surface area contributed by atoms with Crippen LogP contribution in [0.2, 0.25) is 0 Å². The Morgan fingerprint density at radius 3 is 1.44 bits per heavy atom. The molecule has 0 spiro atoms. The molecular formula is C14H24O4. The average Bonchev–Trinajstić information content (AvgIpc) is 2.09. The second kappa shape index (κ2) is 3.11. The lowest BCUT2D eigenvalue weighted by Crippen LogP contribution is -2.73. The van der Waals surface area contributed by atoms with E-state index in [2.05, 4.69) is 0 Å². The first-order chi connectivity index (χ1) is 8.05. The normalized spacial score (nSPS) is 57.7. The van der Waals surface area contributed by atoms with E-state index in [4.69, 9.17) is 0 Å². The largest absolute Gasteiger partial charge is 0.390 e. The SMILES string of the molecule is CCC(C)(O)C12CC3(O)CC(O)(CC(O)(C3)C1)C2. The summed E-state index contributed by atoms with van der Waals surface area (Å²) in [7, 11) is 0. The highest BCUT2D eigenvalue weighted by Gasteiger charge is 2.71. The van der Waals surface area contributed by atoms with Crippen LogP contribution in [0.3, 0.4) is 0 Å². The lowest BCUT2D eigenvalue weighted by Gasteiger charge is -2.69. The zero-order valence-electron chi connectivity index (χ0n) is 11.2. The second-order valence-electron chi connectivity index (χ2n) is 7.64. The molecule has 4 nitrogen and oxygen atoms in total. The fraction of sp³-hybridized carbons (Fsp3) is 1.00. The molecule has 4 fully saturated rings. The maximum atomic E-state index is 10.7. The standard InChI is InChI=1S/C14H24O4/c1-3-10(2,15)11-4-12(16)7-13(17,5-11)9-14(18,6-11)8-12/h15-18H,3-9H2,1-2H3. The molecule has 1 unspecified atom stereocenters. The molecule has 4 bridgehead atoms. The molecule has 4 aliphatic rings. The topological polar surface area (TPSA) is 80.9 Å². The van der Waals surface area contributed by atoms with E-state index in [1.807, 2.05) is 6.92 Å². The van der Waals surface area contributed by atoms with Crippen LogP contribution in [0, 0.1) is 5.41 Å². The Morgan fingerprint density at radius 2 is 1.17 bits per heavy atom. The van der Waals surface area contributed by atoms with Gasteiger partial charge in [-0.1, -0.05) is 6.92 Å². The van der Waals surface area contributed by atoms with Crippen LogP contribution in [0.25, 0.3) is 0 Å². The van der Waals surface area contributed by atoms with Crippen molar-refractivity contribution >= 4 is 0 Å². The van der Waals surface area contributed by atoms with Crippen LogP contribution in [-0.2, 0) is 0 Å². The van der Waals surface area contributed by atoms with Crippen molar-refractivity contribution in [2.75, 3.05) is 0 Å². The van der Waals surface area contributed by atoms with Crippen molar-refractivity contribution in [3.8, 4) is 0 Å². The monoisotopic (exact) mass is 256 g/mol. The summed E-state index contributed by atoms with van der Waals surface area (Å²) in [6.45, 7) is 3.69. The van der Waals surface area contributed by atoms with Crippen LogP contribution in [-0.4, -0.2) is 42.8 Å². The Bertz CT molecular complexity index is 336. The van der Waals surface area contributed by atoms with Gasteiger partial charge in [0.1, 0.15) is 0 Å². The maximum absolute atomic E-state index is 10.7. The van der Waals surface area contributed by atoms with Crippen LogP contribution in [0.5, 0.6) is 0 Å². The molecule has 0 aliphatic heterocycles. The number of hydrogen-bond acceptors (Lipinski definition) is 4. The minimum Gasteiger partial charge on any atom is -0.390 e. The zero-order chi connectivity index (χ0) is 13.4. The maximum Gasteiger partial charge on any atom is 0.0708 e. The molecular weight excluding hydrogens is 232 g/mol. The summed E-state index contributed by atoms with van der Waals surface area (Å²) in [6, 6.07) is 0. The fourth-order valence-electron chi connectivity index (χ4n) is 5.42. The van der Waals surface area contributed by atoms with Gasteiger partial charge in [0, 0.05) is 24.7 Å². The molecule has 4 rings (SSSR count). The van der Waals surface area contributed by atoms with Gasteiger partial charge in [-0.3, -0.25) is 0 Å². The van der Waals surface area contributed by atoms with Crippen molar-refractivity contribution in [1.82, 2.24) is 0 Å². The van der Waals surface area contributed by atoms with E-state index < -0.39 is 27.8 Å². The van der Waals surface area contributed by atoms with Crippen molar-refractivity contribution < 1.29 is 20.4 Å². The molecule has 4 aliphatic carbocycles. The van der Waals surface area contributed by atoms with Gasteiger partial charge in [-0.25, -0.2) is 0 Å². The Morgan fingerprint density at radius 1 is 0.833 bits per heavy atom. The van der Waals surface area contributed by atoms with Crippen molar-refractivity contribution in [1.29, 1.82) is 0 Å². The van der Waals surface area contributed by atoms with Gasteiger partial charge in [-0.15, -0.1) is 0 Å². The molecule has 0 amide bonds. The molecule has 0 radical (unpaired) electrons. The number of rotatable bonds is 2. The molecule has 4 heteroatoms. The summed E-state index contributed by atoms with van der Waals surface area (Å²) < 4.78 is 0. The summed E-state index contributed by atoms with van der Waals surface area (Å²) in [5.41, 5.74) is -4.56. The Kier molecular flexibility index (Phi) is 2.22. The number of aliphatic hydroxyl groups is 4. The quantitative estimate of drug-likeness (QED) is 0.586. The van der Waals surface area contributed by atoms with Gasteiger partial charge >= 0.3 is 0 Å². The molecule has 18 heavy (non-hydrogen) atoms. The third-order valence-corrected chi connectivity index (χ3v) is 5.81. The molecule has 0 heterocycles. The molecule has 1 atom stereocenters. The van der Waals surface area contributed by atoms with Crippen LogP contribution in [0.4, 0.5) is 0 Å². The van der Waals surface area contributed by atoms with E-state index >= 15 is 0 Å².